The van der Waals surface area contributed by atoms with Gasteiger partial charge in [0.15, 0.2) is 11.5 Å². The molecule has 4 rings (SSSR count). The molecule has 0 amide bonds. The van der Waals surface area contributed by atoms with E-state index in [0.717, 1.165) is 34.9 Å². The monoisotopic (exact) mass is 369 g/mol. The number of hydrogen-bond donors (Lipinski definition) is 1. The van der Waals surface area contributed by atoms with E-state index in [1.807, 2.05) is 30.5 Å². The zero-order chi connectivity index (χ0) is 18.3. The van der Waals surface area contributed by atoms with Crippen molar-refractivity contribution in [1.29, 1.82) is 0 Å². The predicted molar refractivity (Wildman–Crippen MR) is 99.8 cm³/mol. The van der Waals surface area contributed by atoms with Gasteiger partial charge in [-0.05, 0) is 49.0 Å². The summed E-state index contributed by atoms with van der Waals surface area (Å²) in [6, 6.07) is 3.76. The predicted octanol–water partition coefficient (Wildman–Crippen LogP) is 1.96. The lowest BCUT2D eigenvalue weighted by molar-refractivity contribution is 0.397. The van der Waals surface area contributed by atoms with Crippen LogP contribution in [0.2, 0.25) is 0 Å². The Morgan fingerprint density at radius 1 is 1.42 bits per heavy atom. The minimum absolute atomic E-state index is 0.275. The summed E-state index contributed by atoms with van der Waals surface area (Å²) in [4.78, 5) is 4.36. The third-order valence-corrected chi connectivity index (χ3v) is 5.23. The third-order valence-electron chi connectivity index (χ3n) is 4.60. The van der Waals surface area contributed by atoms with Gasteiger partial charge in [-0.2, -0.15) is 14.0 Å². The molecule has 1 fully saturated rings. The van der Waals surface area contributed by atoms with Crippen LogP contribution in [0.15, 0.2) is 34.3 Å². The van der Waals surface area contributed by atoms with E-state index in [1.54, 1.807) is 18.7 Å². The first-order valence-electron chi connectivity index (χ1n) is 8.24. The third kappa shape index (κ3) is 2.84. The average molecular weight is 369 g/mol. The number of aliphatic imine (C=N–C) groups is 1. The Kier molecular flexibility index (Phi) is 4.15. The van der Waals surface area contributed by atoms with E-state index in [0.29, 0.717) is 17.4 Å². The molecule has 1 aliphatic carbocycles. The molecule has 9 heteroatoms. The van der Waals surface area contributed by atoms with E-state index in [2.05, 4.69) is 24.7 Å². The molecule has 2 unspecified atom stereocenters. The van der Waals surface area contributed by atoms with Gasteiger partial charge in [0, 0.05) is 29.6 Å². The van der Waals surface area contributed by atoms with Crippen LogP contribution in [0.3, 0.4) is 0 Å². The average Bonchev–Trinajstić information content (AvgIpc) is 3.16. The van der Waals surface area contributed by atoms with E-state index >= 15 is 0 Å². The van der Waals surface area contributed by atoms with Crippen LogP contribution in [0, 0.1) is 12.8 Å². The minimum Gasteiger partial charge on any atom is -0.480 e. The highest BCUT2D eigenvalue weighted by molar-refractivity contribution is 7.03. The zero-order valence-corrected chi connectivity index (χ0v) is 15.6. The van der Waals surface area contributed by atoms with Gasteiger partial charge >= 0.3 is 0 Å². The summed E-state index contributed by atoms with van der Waals surface area (Å²) in [6.07, 6.45) is 2.90. The van der Waals surface area contributed by atoms with Crippen molar-refractivity contribution >= 4 is 22.9 Å². The van der Waals surface area contributed by atoms with Crippen LogP contribution in [0.5, 0.6) is 5.88 Å². The van der Waals surface area contributed by atoms with E-state index in [9.17, 15) is 0 Å². The first kappa shape index (κ1) is 16.6. The number of aromatic nitrogens is 5. The van der Waals surface area contributed by atoms with Crippen molar-refractivity contribution in [2.45, 2.75) is 19.3 Å². The summed E-state index contributed by atoms with van der Waals surface area (Å²) in [5.41, 5.74) is 10.5. The highest BCUT2D eigenvalue weighted by Crippen LogP contribution is 2.53. The molecule has 134 valence electrons. The van der Waals surface area contributed by atoms with E-state index in [1.165, 1.54) is 11.5 Å². The summed E-state index contributed by atoms with van der Waals surface area (Å²) in [5.74, 6) is 2.06. The molecule has 2 atom stereocenters. The van der Waals surface area contributed by atoms with Crippen molar-refractivity contribution < 1.29 is 4.74 Å². The number of nitrogens with two attached hydrogens (primary N) is 1. The van der Waals surface area contributed by atoms with Crippen LogP contribution < -0.4 is 10.5 Å². The molecule has 3 heterocycles. The maximum absolute atomic E-state index is 6.37. The highest BCUT2D eigenvalue weighted by Gasteiger charge is 2.42. The van der Waals surface area contributed by atoms with Crippen molar-refractivity contribution in [2.24, 2.45) is 16.6 Å². The Hall–Kier alpha value is -2.81. The van der Waals surface area contributed by atoms with Crippen LogP contribution in [-0.4, -0.2) is 44.1 Å². The Balaban J connectivity index is 1.58. The molecule has 3 aromatic rings. The second-order valence-electron chi connectivity index (χ2n) is 6.22. The maximum Gasteiger partial charge on any atom is 0.228 e. The molecular weight excluding hydrogens is 350 g/mol. The molecule has 26 heavy (non-hydrogen) atoms. The molecule has 0 aromatic carbocycles. The molecule has 8 nitrogen and oxygen atoms in total. The van der Waals surface area contributed by atoms with Gasteiger partial charge in [0.25, 0.3) is 0 Å². The van der Waals surface area contributed by atoms with Crippen molar-refractivity contribution in [2.75, 3.05) is 14.2 Å². The molecule has 0 bridgehead atoms. The van der Waals surface area contributed by atoms with Crippen LogP contribution in [0.4, 0.5) is 0 Å². The standard InChI is InChI=1S/C17H19N7OS/c1-9-20-21-16-5-4-14(22-24(9)16)15(19-2)7-13(18)11-6-10(11)12-8-26-23-17(12)25-3/h4-5,7-8,10-11H,6,18H2,1-3H3/b13-7-,19-15?. The lowest BCUT2D eigenvalue weighted by Crippen LogP contribution is -2.10. The molecule has 2 N–H and O–H groups in total. The number of hydrogen-bond acceptors (Lipinski definition) is 8. The van der Waals surface area contributed by atoms with Crippen LogP contribution >= 0.6 is 11.5 Å². The smallest absolute Gasteiger partial charge is 0.228 e. The van der Waals surface area contributed by atoms with Crippen LogP contribution in [0.25, 0.3) is 5.65 Å². The van der Waals surface area contributed by atoms with E-state index < -0.39 is 0 Å². The van der Waals surface area contributed by atoms with Crippen molar-refractivity contribution in [3.8, 4) is 5.88 Å². The first-order chi connectivity index (χ1) is 12.6. The fourth-order valence-corrected chi connectivity index (χ4v) is 3.81. The SMILES string of the molecule is CN=C(/C=C(\N)C1CC1c1csnc1OC)c1ccc2nnc(C)n2n1. The molecule has 0 saturated heterocycles. The lowest BCUT2D eigenvalue weighted by Gasteiger charge is -2.05. The molecule has 0 spiro atoms. The van der Waals surface area contributed by atoms with Gasteiger partial charge in [-0.25, -0.2) is 0 Å². The number of aryl methyl sites for hydroxylation is 1. The Morgan fingerprint density at radius 3 is 3.04 bits per heavy atom. The van der Waals surface area contributed by atoms with Gasteiger partial charge in [-0.3, -0.25) is 4.99 Å². The molecular formula is C17H19N7OS. The minimum atomic E-state index is 0.275. The summed E-state index contributed by atoms with van der Waals surface area (Å²) < 4.78 is 11.3. The molecule has 1 aliphatic rings. The zero-order valence-electron chi connectivity index (χ0n) is 14.7. The number of methoxy groups -OCH3 is 1. The highest BCUT2D eigenvalue weighted by atomic mass is 32.1. The van der Waals surface area contributed by atoms with Crippen molar-refractivity contribution in [3.63, 3.8) is 0 Å². The second-order valence-corrected chi connectivity index (χ2v) is 6.85. The molecule has 1 saturated carbocycles. The van der Waals surface area contributed by atoms with Crippen LogP contribution in [-0.2, 0) is 0 Å². The van der Waals surface area contributed by atoms with Crippen molar-refractivity contribution in [3.05, 3.63) is 46.4 Å². The Labute approximate surface area is 154 Å². The van der Waals surface area contributed by atoms with Crippen molar-refractivity contribution in [1.82, 2.24) is 24.2 Å². The number of nitrogens with zero attached hydrogens (tertiary/aromatic N) is 6. The van der Waals surface area contributed by atoms with Gasteiger partial charge < -0.3 is 10.5 Å². The molecule has 3 aromatic heterocycles. The molecule has 0 aliphatic heterocycles. The van der Waals surface area contributed by atoms with Gasteiger partial charge in [0.2, 0.25) is 5.88 Å². The second kappa shape index (κ2) is 6.49. The van der Waals surface area contributed by atoms with E-state index in [-0.39, 0.29) is 5.92 Å². The summed E-state index contributed by atoms with van der Waals surface area (Å²) >= 11 is 1.41. The fraction of sp³-hybridized carbons (Fsp3) is 0.353. The van der Waals surface area contributed by atoms with Gasteiger partial charge in [0.1, 0.15) is 5.69 Å². The summed E-state index contributed by atoms with van der Waals surface area (Å²) in [6.45, 7) is 1.86. The normalized spacial score (nSPS) is 20.6. The number of allylic oxidation sites excluding steroid dienone is 2. The van der Waals surface area contributed by atoms with Gasteiger partial charge in [0.05, 0.1) is 12.8 Å². The topological polar surface area (TPSA) is 104 Å². The number of ether oxygens (including phenoxy) is 1. The Morgan fingerprint density at radius 2 is 2.27 bits per heavy atom. The number of rotatable bonds is 5. The van der Waals surface area contributed by atoms with Gasteiger partial charge in [-0.1, -0.05) is 0 Å². The fourth-order valence-electron chi connectivity index (χ4n) is 3.09. The lowest BCUT2D eigenvalue weighted by atomic mass is 10.1. The summed E-state index contributed by atoms with van der Waals surface area (Å²) in [7, 11) is 3.38. The molecule has 0 radical (unpaired) electrons. The Bertz CT molecular complexity index is 1020. The quantitative estimate of drug-likeness (QED) is 0.690. The first-order valence-corrected chi connectivity index (χ1v) is 9.07. The summed E-state index contributed by atoms with van der Waals surface area (Å²) in [5, 5.41) is 14.7. The maximum atomic E-state index is 6.37. The largest absolute Gasteiger partial charge is 0.480 e. The van der Waals surface area contributed by atoms with Crippen LogP contribution in [0.1, 0.15) is 29.4 Å². The van der Waals surface area contributed by atoms with E-state index in [4.69, 9.17) is 10.5 Å². The van der Waals surface area contributed by atoms with Gasteiger partial charge in [-0.15, -0.1) is 10.2 Å². The number of fused-ring (bicyclic) bond motifs is 1.